The van der Waals surface area contributed by atoms with E-state index in [1.807, 2.05) is 0 Å². The Hall–Kier alpha value is -2.04. The van der Waals surface area contributed by atoms with E-state index in [0.717, 1.165) is 48.6 Å². The average molecular weight is 410 g/mol. The van der Waals surface area contributed by atoms with Crippen molar-refractivity contribution in [3.63, 3.8) is 0 Å². The quantitative estimate of drug-likeness (QED) is 0.614. The number of anilines is 3. The van der Waals surface area contributed by atoms with Crippen LogP contribution in [0.15, 0.2) is 65.1 Å². The molecule has 1 heterocycles. The first kappa shape index (κ1) is 17.4. The molecular formula is C22H24BrN3. The number of hydrogen-bond donors (Lipinski definition) is 1. The molecule has 3 aromatic carbocycles. The Morgan fingerprint density at radius 1 is 0.923 bits per heavy atom. The lowest BCUT2D eigenvalue weighted by Crippen LogP contribution is -2.46. The molecule has 3 aromatic rings. The Kier molecular flexibility index (Phi) is 5.14. The van der Waals surface area contributed by atoms with Crippen LogP contribution >= 0.6 is 15.9 Å². The predicted molar refractivity (Wildman–Crippen MR) is 116 cm³/mol. The van der Waals surface area contributed by atoms with Gasteiger partial charge in [-0.2, -0.15) is 0 Å². The molecule has 0 aromatic heterocycles. The number of fused-ring (bicyclic) bond motifs is 1. The summed E-state index contributed by atoms with van der Waals surface area (Å²) in [5.41, 5.74) is 3.56. The second-order valence-corrected chi connectivity index (χ2v) is 7.68. The zero-order valence-corrected chi connectivity index (χ0v) is 16.7. The Morgan fingerprint density at radius 2 is 1.69 bits per heavy atom. The van der Waals surface area contributed by atoms with Gasteiger partial charge in [0.05, 0.1) is 0 Å². The molecular weight excluding hydrogens is 386 g/mol. The molecule has 0 spiro atoms. The molecule has 134 valence electrons. The molecule has 0 bridgehead atoms. The summed E-state index contributed by atoms with van der Waals surface area (Å²) in [6.45, 7) is 7.92. The summed E-state index contributed by atoms with van der Waals surface area (Å²) in [6, 6.07) is 21.6. The molecule has 1 fully saturated rings. The SMILES string of the molecule is CCN1CCN(c2ccc(Nc3cccc4ccc(Br)cc34)cc2)CC1. The van der Waals surface area contributed by atoms with E-state index in [0.29, 0.717) is 0 Å². The fourth-order valence-corrected chi connectivity index (χ4v) is 3.95. The van der Waals surface area contributed by atoms with Gasteiger partial charge >= 0.3 is 0 Å². The third-order valence-corrected chi connectivity index (χ3v) is 5.67. The van der Waals surface area contributed by atoms with Crippen molar-refractivity contribution in [3.8, 4) is 0 Å². The summed E-state index contributed by atoms with van der Waals surface area (Å²) in [5.74, 6) is 0. The number of likely N-dealkylation sites (N-methyl/N-ethyl adjacent to an activating group) is 1. The predicted octanol–water partition coefficient (Wildman–Crippen LogP) is 5.49. The molecule has 0 radical (unpaired) electrons. The lowest BCUT2D eigenvalue weighted by Gasteiger charge is -2.35. The van der Waals surface area contributed by atoms with E-state index < -0.39 is 0 Å². The fraction of sp³-hybridized carbons (Fsp3) is 0.273. The maximum atomic E-state index is 3.58. The van der Waals surface area contributed by atoms with Crippen molar-refractivity contribution in [2.45, 2.75) is 6.92 Å². The van der Waals surface area contributed by atoms with Crippen LogP contribution in [0.1, 0.15) is 6.92 Å². The van der Waals surface area contributed by atoms with Crippen LogP contribution in [-0.2, 0) is 0 Å². The zero-order chi connectivity index (χ0) is 17.9. The number of nitrogens with zero attached hydrogens (tertiary/aromatic N) is 2. The number of halogens is 1. The summed E-state index contributed by atoms with van der Waals surface area (Å²) in [7, 11) is 0. The Bertz CT molecular complexity index is 884. The number of rotatable bonds is 4. The van der Waals surface area contributed by atoms with Crippen molar-refractivity contribution in [1.82, 2.24) is 4.90 Å². The highest BCUT2D eigenvalue weighted by Gasteiger charge is 2.15. The van der Waals surface area contributed by atoms with Gasteiger partial charge < -0.3 is 15.1 Å². The van der Waals surface area contributed by atoms with Gasteiger partial charge in [-0.1, -0.05) is 41.1 Å². The number of benzene rings is 3. The van der Waals surface area contributed by atoms with Crippen molar-refractivity contribution in [2.75, 3.05) is 42.9 Å². The second-order valence-electron chi connectivity index (χ2n) is 6.76. The third-order valence-electron chi connectivity index (χ3n) is 5.18. The molecule has 0 aliphatic carbocycles. The smallest absolute Gasteiger partial charge is 0.0464 e. The topological polar surface area (TPSA) is 18.5 Å². The van der Waals surface area contributed by atoms with Gasteiger partial charge in [-0.25, -0.2) is 0 Å². The lowest BCUT2D eigenvalue weighted by atomic mass is 10.1. The maximum absolute atomic E-state index is 3.58. The molecule has 0 unspecified atom stereocenters. The van der Waals surface area contributed by atoms with Gasteiger partial charge in [-0.3, -0.25) is 0 Å². The van der Waals surface area contributed by atoms with Crippen LogP contribution < -0.4 is 10.2 Å². The van der Waals surface area contributed by atoms with Crippen LogP contribution in [0.2, 0.25) is 0 Å². The van der Waals surface area contributed by atoms with Gasteiger partial charge in [0.2, 0.25) is 0 Å². The van der Waals surface area contributed by atoms with Crippen LogP contribution in [0.5, 0.6) is 0 Å². The van der Waals surface area contributed by atoms with E-state index >= 15 is 0 Å². The molecule has 1 aliphatic rings. The van der Waals surface area contributed by atoms with Crippen molar-refractivity contribution >= 4 is 43.8 Å². The van der Waals surface area contributed by atoms with Gasteiger partial charge in [0.1, 0.15) is 0 Å². The van der Waals surface area contributed by atoms with Crippen molar-refractivity contribution in [1.29, 1.82) is 0 Å². The van der Waals surface area contributed by atoms with E-state index in [1.165, 1.54) is 16.5 Å². The Balaban J connectivity index is 1.51. The minimum Gasteiger partial charge on any atom is -0.369 e. The van der Waals surface area contributed by atoms with E-state index in [4.69, 9.17) is 0 Å². The van der Waals surface area contributed by atoms with Crippen LogP contribution in [0.3, 0.4) is 0 Å². The van der Waals surface area contributed by atoms with E-state index in [-0.39, 0.29) is 0 Å². The minimum absolute atomic E-state index is 1.10. The molecule has 0 saturated carbocycles. The molecule has 4 rings (SSSR count). The summed E-state index contributed by atoms with van der Waals surface area (Å²) < 4.78 is 1.10. The molecule has 1 aliphatic heterocycles. The van der Waals surface area contributed by atoms with Crippen LogP contribution in [-0.4, -0.2) is 37.6 Å². The van der Waals surface area contributed by atoms with Gasteiger partial charge in [-0.05, 0) is 54.4 Å². The van der Waals surface area contributed by atoms with E-state index in [1.54, 1.807) is 0 Å². The molecule has 0 atom stereocenters. The Morgan fingerprint density at radius 3 is 2.42 bits per heavy atom. The maximum Gasteiger partial charge on any atom is 0.0464 e. The van der Waals surface area contributed by atoms with Crippen molar-refractivity contribution < 1.29 is 0 Å². The second kappa shape index (κ2) is 7.68. The number of nitrogens with one attached hydrogen (secondary N) is 1. The monoisotopic (exact) mass is 409 g/mol. The summed E-state index contributed by atoms with van der Waals surface area (Å²) in [4.78, 5) is 4.98. The average Bonchev–Trinajstić information content (AvgIpc) is 2.69. The number of hydrogen-bond acceptors (Lipinski definition) is 3. The van der Waals surface area contributed by atoms with E-state index in [2.05, 4.69) is 98.6 Å². The summed E-state index contributed by atoms with van der Waals surface area (Å²) in [6.07, 6.45) is 0. The fourth-order valence-electron chi connectivity index (χ4n) is 3.59. The molecule has 3 nitrogen and oxygen atoms in total. The standard InChI is InChI=1S/C22H24BrN3/c1-2-25-12-14-26(15-13-25)20-10-8-19(9-11-20)24-22-5-3-4-17-6-7-18(23)16-21(17)22/h3-11,16,24H,2,12-15H2,1H3. The summed E-state index contributed by atoms with van der Waals surface area (Å²) in [5, 5.41) is 6.04. The third kappa shape index (κ3) is 3.71. The highest BCUT2D eigenvalue weighted by atomic mass is 79.9. The first-order valence-electron chi connectivity index (χ1n) is 9.25. The molecule has 1 N–H and O–H groups in total. The molecule has 4 heteroatoms. The first-order valence-corrected chi connectivity index (χ1v) is 10.0. The van der Waals surface area contributed by atoms with Gasteiger partial charge in [0, 0.05) is 53.1 Å². The zero-order valence-electron chi connectivity index (χ0n) is 15.1. The first-order chi connectivity index (χ1) is 12.7. The van der Waals surface area contributed by atoms with Crippen molar-refractivity contribution in [3.05, 3.63) is 65.1 Å². The van der Waals surface area contributed by atoms with E-state index in [9.17, 15) is 0 Å². The molecule has 1 saturated heterocycles. The Labute approximate surface area is 163 Å². The van der Waals surface area contributed by atoms with Crippen LogP contribution in [0, 0.1) is 0 Å². The van der Waals surface area contributed by atoms with Crippen LogP contribution in [0.4, 0.5) is 17.1 Å². The highest BCUT2D eigenvalue weighted by Crippen LogP contribution is 2.29. The van der Waals surface area contributed by atoms with Gasteiger partial charge in [0.15, 0.2) is 0 Å². The highest BCUT2D eigenvalue weighted by molar-refractivity contribution is 9.10. The normalized spacial score (nSPS) is 15.4. The van der Waals surface area contributed by atoms with Gasteiger partial charge in [0.25, 0.3) is 0 Å². The molecule has 0 amide bonds. The minimum atomic E-state index is 1.10. The lowest BCUT2D eigenvalue weighted by molar-refractivity contribution is 0.271. The number of piperazine rings is 1. The largest absolute Gasteiger partial charge is 0.369 e. The van der Waals surface area contributed by atoms with Crippen LogP contribution in [0.25, 0.3) is 10.8 Å². The molecule has 26 heavy (non-hydrogen) atoms. The summed E-state index contributed by atoms with van der Waals surface area (Å²) >= 11 is 3.58. The van der Waals surface area contributed by atoms with Gasteiger partial charge in [-0.15, -0.1) is 0 Å². The van der Waals surface area contributed by atoms with Crippen molar-refractivity contribution in [2.24, 2.45) is 0 Å².